The van der Waals surface area contributed by atoms with E-state index in [1.54, 1.807) is 0 Å². The van der Waals surface area contributed by atoms with Crippen molar-refractivity contribution in [3.63, 3.8) is 0 Å². The molecule has 146 valence electrons. The fourth-order valence-corrected chi connectivity index (χ4v) is 3.60. The number of ether oxygens (including phenoxy) is 1. The van der Waals surface area contributed by atoms with Crippen LogP contribution in [0.15, 0.2) is 102 Å². The molecular weight excluding hydrogens is 358 g/mol. The minimum Gasteiger partial charge on any atom is -0.475 e. The van der Waals surface area contributed by atoms with Crippen LogP contribution in [0.4, 0.5) is 0 Å². The summed E-state index contributed by atoms with van der Waals surface area (Å²) in [6.45, 7) is 4.54. The molecule has 3 nitrogen and oxygen atoms in total. The molecule has 3 aromatic carbocycles. The topological polar surface area (TPSA) is 41.8 Å². The summed E-state index contributed by atoms with van der Waals surface area (Å²) in [5, 5.41) is 12.3. The summed E-state index contributed by atoms with van der Waals surface area (Å²) in [5.41, 5.74) is 1.40. The number of aliphatic imine (C=N–C) groups is 1. The number of aliphatic hydroxyl groups is 1. The Labute approximate surface area is 172 Å². The number of rotatable bonds is 5. The molecule has 0 aromatic heterocycles. The predicted octanol–water partition coefficient (Wildman–Crippen LogP) is 5.21. The highest BCUT2D eigenvalue weighted by Crippen LogP contribution is 2.40. The molecule has 29 heavy (non-hydrogen) atoms. The number of hydrogen-bond acceptors (Lipinski definition) is 3. The second kappa shape index (κ2) is 7.69. The van der Waals surface area contributed by atoms with Gasteiger partial charge in [-0.15, -0.1) is 0 Å². The fraction of sp³-hybridized carbons (Fsp3) is 0.192. The molecule has 3 heteroatoms. The average Bonchev–Trinajstić information content (AvgIpc) is 3.13. The van der Waals surface area contributed by atoms with Gasteiger partial charge in [-0.25, -0.2) is 4.99 Å². The maximum absolute atomic E-state index is 12.3. The van der Waals surface area contributed by atoms with Crippen molar-refractivity contribution >= 4 is 12.0 Å². The van der Waals surface area contributed by atoms with Crippen LogP contribution < -0.4 is 0 Å². The zero-order valence-electron chi connectivity index (χ0n) is 16.7. The van der Waals surface area contributed by atoms with E-state index in [1.807, 2.05) is 111 Å². The van der Waals surface area contributed by atoms with Crippen LogP contribution in [0.25, 0.3) is 6.08 Å². The van der Waals surface area contributed by atoms with Crippen LogP contribution in [0.2, 0.25) is 0 Å². The molecule has 1 aliphatic rings. The van der Waals surface area contributed by atoms with Gasteiger partial charge < -0.3 is 9.84 Å². The van der Waals surface area contributed by atoms with Crippen LogP contribution in [0, 0.1) is 0 Å². The van der Waals surface area contributed by atoms with Gasteiger partial charge in [-0.05, 0) is 36.6 Å². The lowest BCUT2D eigenvalue weighted by Crippen LogP contribution is -2.34. The Morgan fingerprint density at radius 2 is 1.34 bits per heavy atom. The largest absolute Gasteiger partial charge is 0.475 e. The van der Waals surface area contributed by atoms with E-state index < -0.39 is 5.60 Å². The van der Waals surface area contributed by atoms with Crippen molar-refractivity contribution in [1.29, 1.82) is 0 Å². The molecule has 3 aromatic rings. The van der Waals surface area contributed by atoms with Gasteiger partial charge in [0.15, 0.2) is 0 Å². The second-order valence-corrected chi connectivity index (χ2v) is 7.93. The van der Waals surface area contributed by atoms with E-state index in [0.29, 0.717) is 18.1 Å². The van der Waals surface area contributed by atoms with Crippen molar-refractivity contribution in [2.24, 2.45) is 4.99 Å². The van der Waals surface area contributed by atoms with Crippen LogP contribution in [0.1, 0.15) is 30.5 Å². The molecule has 0 bridgehead atoms. The zero-order chi connectivity index (χ0) is 20.3. The van der Waals surface area contributed by atoms with Crippen molar-refractivity contribution in [3.05, 3.63) is 113 Å². The first-order valence-corrected chi connectivity index (χ1v) is 9.83. The van der Waals surface area contributed by atoms with Gasteiger partial charge in [0.25, 0.3) is 0 Å². The number of benzene rings is 3. The van der Waals surface area contributed by atoms with Gasteiger partial charge in [-0.1, -0.05) is 91.0 Å². The third-order valence-electron chi connectivity index (χ3n) is 5.08. The molecular formula is C26H25NO2. The summed E-state index contributed by atoms with van der Waals surface area (Å²) in [7, 11) is 0. The van der Waals surface area contributed by atoms with Crippen LogP contribution >= 0.6 is 0 Å². The first kappa shape index (κ1) is 19.2. The molecule has 1 heterocycles. The van der Waals surface area contributed by atoms with E-state index >= 15 is 0 Å². The lowest BCUT2D eigenvalue weighted by Gasteiger charge is -2.32. The Morgan fingerprint density at radius 1 is 0.862 bits per heavy atom. The third kappa shape index (κ3) is 3.87. The molecule has 1 aliphatic heterocycles. The Hall–Kier alpha value is -3.17. The Morgan fingerprint density at radius 3 is 1.79 bits per heavy atom. The van der Waals surface area contributed by atoms with Gasteiger partial charge in [0.1, 0.15) is 12.2 Å². The zero-order valence-corrected chi connectivity index (χ0v) is 16.7. The van der Waals surface area contributed by atoms with Gasteiger partial charge in [0, 0.05) is 0 Å². The maximum Gasteiger partial charge on any atom is 0.216 e. The highest BCUT2D eigenvalue weighted by Gasteiger charge is 2.42. The van der Waals surface area contributed by atoms with Gasteiger partial charge in [-0.3, -0.25) is 0 Å². The third-order valence-corrected chi connectivity index (χ3v) is 5.08. The second-order valence-electron chi connectivity index (χ2n) is 7.93. The van der Waals surface area contributed by atoms with Gasteiger partial charge in [0.2, 0.25) is 5.90 Å². The van der Waals surface area contributed by atoms with Crippen molar-refractivity contribution in [3.8, 4) is 0 Å². The molecule has 0 amide bonds. The molecule has 0 atom stereocenters. The van der Waals surface area contributed by atoms with Gasteiger partial charge in [-0.2, -0.15) is 0 Å². The van der Waals surface area contributed by atoms with Crippen molar-refractivity contribution in [2.75, 3.05) is 6.61 Å². The normalized spacial score (nSPS) is 16.2. The summed E-state index contributed by atoms with van der Waals surface area (Å²) in [6.07, 6.45) is 1.97. The minimum absolute atomic E-state index is 0.334. The summed E-state index contributed by atoms with van der Waals surface area (Å²) >= 11 is 0. The van der Waals surface area contributed by atoms with Crippen molar-refractivity contribution in [2.45, 2.75) is 25.0 Å². The smallest absolute Gasteiger partial charge is 0.216 e. The lowest BCUT2D eigenvalue weighted by atomic mass is 9.79. The molecule has 0 aliphatic carbocycles. The molecule has 0 saturated heterocycles. The fourth-order valence-electron chi connectivity index (χ4n) is 3.60. The quantitative estimate of drug-likeness (QED) is 0.657. The first-order chi connectivity index (χ1) is 14.0. The summed E-state index contributed by atoms with van der Waals surface area (Å²) in [6, 6.07) is 29.3. The number of nitrogens with zero attached hydrogens (tertiary/aromatic N) is 1. The molecule has 0 radical (unpaired) electrons. The van der Waals surface area contributed by atoms with Crippen molar-refractivity contribution in [1.82, 2.24) is 0 Å². The summed E-state index contributed by atoms with van der Waals surface area (Å²) in [4.78, 5) is 4.80. The highest BCUT2D eigenvalue weighted by atomic mass is 16.5. The summed E-state index contributed by atoms with van der Waals surface area (Å²) in [5.74, 6) is 0.481. The molecule has 0 spiro atoms. The highest BCUT2D eigenvalue weighted by molar-refractivity contribution is 6.02. The monoisotopic (exact) mass is 383 g/mol. The number of hydrogen-bond donors (Lipinski definition) is 1. The molecule has 0 unspecified atom stereocenters. The summed E-state index contributed by atoms with van der Waals surface area (Å²) < 4.78 is 6.01. The van der Waals surface area contributed by atoms with Crippen LogP contribution in [-0.2, 0) is 10.3 Å². The first-order valence-electron chi connectivity index (χ1n) is 9.83. The maximum atomic E-state index is 12.3. The van der Waals surface area contributed by atoms with E-state index in [1.165, 1.54) is 0 Å². The standard InChI is InChI=1S/C26H25NO2/c1-25(2)19-29-24(27-25)23(18-20-12-6-3-7-13-20)26(28,21-14-8-4-9-15-21)22-16-10-5-11-17-22/h3-18,28H,19H2,1-2H3/b23-18-. The van der Waals surface area contributed by atoms with E-state index in [-0.39, 0.29) is 5.54 Å². The minimum atomic E-state index is -1.41. The van der Waals surface area contributed by atoms with E-state index in [4.69, 9.17) is 9.73 Å². The van der Waals surface area contributed by atoms with Crippen LogP contribution in [0.3, 0.4) is 0 Å². The van der Waals surface area contributed by atoms with Crippen LogP contribution in [-0.4, -0.2) is 23.2 Å². The molecule has 1 N–H and O–H groups in total. The average molecular weight is 383 g/mol. The lowest BCUT2D eigenvalue weighted by molar-refractivity contribution is 0.124. The Kier molecular flexibility index (Phi) is 5.08. The van der Waals surface area contributed by atoms with Gasteiger partial charge in [0.05, 0.1) is 11.1 Å². The molecule has 4 rings (SSSR count). The Bertz CT molecular complexity index is 983. The Balaban J connectivity index is 1.98. The predicted molar refractivity (Wildman–Crippen MR) is 118 cm³/mol. The van der Waals surface area contributed by atoms with E-state index in [9.17, 15) is 5.11 Å². The van der Waals surface area contributed by atoms with Crippen LogP contribution in [0.5, 0.6) is 0 Å². The SMILES string of the molecule is CC1(C)COC(/C(=C/c2ccccc2)C(O)(c2ccccc2)c2ccccc2)=N1. The van der Waals surface area contributed by atoms with Gasteiger partial charge >= 0.3 is 0 Å². The molecule has 0 fully saturated rings. The molecule has 0 saturated carbocycles. The van der Waals surface area contributed by atoms with E-state index in [0.717, 1.165) is 16.7 Å². The van der Waals surface area contributed by atoms with E-state index in [2.05, 4.69) is 0 Å². The van der Waals surface area contributed by atoms with Crippen molar-refractivity contribution < 1.29 is 9.84 Å².